The molecule has 4 aromatic rings. The summed E-state index contributed by atoms with van der Waals surface area (Å²) in [5.41, 5.74) is 3.05. The third kappa shape index (κ3) is 2.89. The molecule has 7 rings (SSSR count). The van der Waals surface area contributed by atoms with E-state index in [0.29, 0.717) is 35.9 Å². The number of fused-ring (bicyclic) bond motifs is 2. The van der Waals surface area contributed by atoms with Crippen LogP contribution < -0.4 is 10.2 Å². The summed E-state index contributed by atoms with van der Waals surface area (Å²) in [5, 5.41) is 5.43. The number of nitrogens with one attached hydrogen (secondary N) is 2. The van der Waals surface area contributed by atoms with Crippen molar-refractivity contribution in [1.82, 2.24) is 30.2 Å². The number of aromatic amines is 1. The largest absolute Gasteiger partial charge is 0.353 e. The molecule has 0 amide bonds. The molecule has 0 spiro atoms. The van der Waals surface area contributed by atoms with Crippen LogP contribution >= 0.6 is 0 Å². The fourth-order valence-corrected chi connectivity index (χ4v) is 4.86. The second-order valence-corrected chi connectivity index (χ2v) is 9.27. The molecular weight excluding hydrogens is 405 g/mol. The molecule has 2 saturated carbocycles. The maximum absolute atomic E-state index is 14.7. The summed E-state index contributed by atoms with van der Waals surface area (Å²) in [6.07, 6.45) is 9.10. The molecule has 3 aliphatic rings. The summed E-state index contributed by atoms with van der Waals surface area (Å²) in [6.45, 7) is 3.68. The average Bonchev–Trinajstić information content (AvgIpc) is 3.76. The lowest BCUT2D eigenvalue weighted by molar-refractivity contribution is 0.311. The Balaban J connectivity index is 1.45. The van der Waals surface area contributed by atoms with Gasteiger partial charge in [0.1, 0.15) is 11.5 Å². The van der Waals surface area contributed by atoms with Crippen molar-refractivity contribution in [3.05, 3.63) is 42.0 Å². The van der Waals surface area contributed by atoms with Gasteiger partial charge in [0, 0.05) is 54.9 Å². The highest BCUT2D eigenvalue weighted by Gasteiger charge is 2.46. The number of piperazine rings is 1. The van der Waals surface area contributed by atoms with Crippen LogP contribution in [-0.4, -0.2) is 51.1 Å². The second kappa shape index (κ2) is 6.68. The second-order valence-electron chi connectivity index (χ2n) is 9.27. The van der Waals surface area contributed by atoms with Crippen LogP contribution in [-0.2, 0) is 5.67 Å². The summed E-state index contributed by atoms with van der Waals surface area (Å²) >= 11 is 0. The van der Waals surface area contributed by atoms with Crippen molar-refractivity contribution in [1.29, 1.82) is 0 Å². The Morgan fingerprint density at radius 3 is 2.72 bits per heavy atom. The predicted molar refractivity (Wildman–Crippen MR) is 121 cm³/mol. The number of hydrogen-bond donors (Lipinski definition) is 2. The Morgan fingerprint density at radius 1 is 1.09 bits per heavy atom. The first-order valence-corrected chi connectivity index (χ1v) is 11.5. The van der Waals surface area contributed by atoms with E-state index in [-0.39, 0.29) is 0 Å². The Morgan fingerprint density at radius 2 is 1.94 bits per heavy atom. The van der Waals surface area contributed by atoms with Gasteiger partial charge < -0.3 is 15.2 Å². The molecule has 32 heavy (non-hydrogen) atoms. The molecule has 0 atom stereocenters. The number of aromatic nitrogens is 5. The standard InChI is InChI=1S/C24H24FN7/c25-24(4-5-24)19-11-16-15(3-6-28-21(16)30-19)22-29-18-13-27-12-17(14-1-2-14)20(18)23(31-22)32-9-7-26-8-10-32/h3,6,11-14,26H,1-2,4-5,7-10H2,(H,28,30). The van der Waals surface area contributed by atoms with Gasteiger partial charge in [-0.05, 0) is 49.3 Å². The summed E-state index contributed by atoms with van der Waals surface area (Å²) in [4.78, 5) is 24.6. The molecule has 7 nitrogen and oxygen atoms in total. The van der Waals surface area contributed by atoms with E-state index in [4.69, 9.17) is 9.97 Å². The zero-order chi connectivity index (χ0) is 21.3. The van der Waals surface area contributed by atoms with E-state index in [9.17, 15) is 4.39 Å². The van der Waals surface area contributed by atoms with Gasteiger partial charge in [-0.3, -0.25) is 4.98 Å². The Labute approximate surface area is 184 Å². The van der Waals surface area contributed by atoms with Crippen molar-refractivity contribution >= 4 is 27.8 Å². The Hall–Kier alpha value is -3.13. The lowest BCUT2D eigenvalue weighted by Gasteiger charge is -2.30. The molecule has 3 fully saturated rings. The molecule has 1 saturated heterocycles. The van der Waals surface area contributed by atoms with Crippen LogP contribution in [0.3, 0.4) is 0 Å². The topological polar surface area (TPSA) is 82.6 Å². The normalized spacial score (nSPS) is 20.2. The van der Waals surface area contributed by atoms with Crippen molar-refractivity contribution in [3.63, 3.8) is 0 Å². The van der Waals surface area contributed by atoms with Crippen molar-refractivity contribution < 1.29 is 4.39 Å². The number of pyridine rings is 2. The van der Waals surface area contributed by atoms with Crippen LogP contribution in [0.25, 0.3) is 33.3 Å². The first-order chi connectivity index (χ1) is 15.7. The van der Waals surface area contributed by atoms with Crippen molar-refractivity contribution in [2.75, 3.05) is 31.1 Å². The number of rotatable bonds is 4. The molecule has 162 valence electrons. The molecule has 0 radical (unpaired) electrons. The minimum absolute atomic E-state index is 0.557. The zero-order valence-corrected chi connectivity index (χ0v) is 17.7. The van der Waals surface area contributed by atoms with Crippen molar-refractivity contribution in [2.24, 2.45) is 0 Å². The number of alkyl halides is 1. The smallest absolute Gasteiger partial charge is 0.163 e. The number of nitrogens with zero attached hydrogens (tertiary/aromatic N) is 5. The van der Waals surface area contributed by atoms with Gasteiger partial charge in [-0.15, -0.1) is 0 Å². The average molecular weight is 430 g/mol. The Bertz CT molecular complexity index is 1350. The third-order valence-corrected chi connectivity index (χ3v) is 7.00. The quantitative estimate of drug-likeness (QED) is 0.513. The fraction of sp³-hybridized carbons (Fsp3) is 0.417. The van der Waals surface area contributed by atoms with E-state index >= 15 is 0 Å². The van der Waals surface area contributed by atoms with Crippen LogP contribution in [0, 0.1) is 0 Å². The number of H-pyrrole nitrogens is 1. The SMILES string of the molecule is FC1(c2cc3c(-c4nc(N5CCNCC5)c5c(C6CC6)cncc5n4)ccnc3[nH]2)CC1. The lowest BCUT2D eigenvalue weighted by Crippen LogP contribution is -2.44. The highest BCUT2D eigenvalue weighted by molar-refractivity contribution is 5.97. The van der Waals surface area contributed by atoms with Crippen LogP contribution in [0.2, 0.25) is 0 Å². The van der Waals surface area contributed by atoms with Gasteiger partial charge in [-0.1, -0.05) is 0 Å². The molecule has 8 heteroatoms. The maximum atomic E-state index is 14.7. The molecule has 2 aliphatic carbocycles. The van der Waals surface area contributed by atoms with Crippen LogP contribution in [0.4, 0.5) is 10.2 Å². The van der Waals surface area contributed by atoms with Crippen LogP contribution in [0.15, 0.2) is 30.7 Å². The van der Waals surface area contributed by atoms with E-state index in [1.807, 2.05) is 24.5 Å². The highest BCUT2D eigenvalue weighted by Crippen LogP contribution is 2.50. The van der Waals surface area contributed by atoms with Gasteiger partial charge in [0.05, 0.1) is 17.4 Å². The summed E-state index contributed by atoms with van der Waals surface area (Å²) in [5.74, 6) is 2.18. The summed E-state index contributed by atoms with van der Waals surface area (Å²) in [7, 11) is 0. The van der Waals surface area contributed by atoms with Crippen molar-refractivity contribution in [3.8, 4) is 11.4 Å². The number of hydrogen-bond acceptors (Lipinski definition) is 6. The van der Waals surface area contributed by atoms with E-state index in [1.54, 1.807) is 6.20 Å². The van der Waals surface area contributed by atoms with Crippen molar-refractivity contribution in [2.45, 2.75) is 37.3 Å². The van der Waals surface area contributed by atoms with E-state index < -0.39 is 5.67 Å². The zero-order valence-electron chi connectivity index (χ0n) is 17.7. The molecule has 0 bridgehead atoms. The molecule has 0 aromatic carbocycles. The molecular formula is C24H24FN7. The summed E-state index contributed by atoms with van der Waals surface area (Å²) in [6, 6.07) is 3.82. The highest BCUT2D eigenvalue weighted by atomic mass is 19.1. The predicted octanol–water partition coefficient (Wildman–Crippen LogP) is 3.81. The molecule has 0 unspecified atom stereocenters. The minimum atomic E-state index is -1.24. The maximum Gasteiger partial charge on any atom is 0.163 e. The minimum Gasteiger partial charge on any atom is -0.353 e. The number of halogens is 1. The van der Waals surface area contributed by atoms with Gasteiger partial charge in [0.25, 0.3) is 0 Å². The van der Waals surface area contributed by atoms with Crippen LogP contribution in [0.5, 0.6) is 0 Å². The monoisotopic (exact) mass is 429 g/mol. The van der Waals surface area contributed by atoms with Gasteiger partial charge >= 0.3 is 0 Å². The van der Waals surface area contributed by atoms with Crippen LogP contribution in [0.1, 0.15) is 42.9 Å². The number of anilines is 1. The fourth-order valence-electron chi connectivity index (χ4n) is 4.86. The Kier molecular flexibility index (Phi) is 3.85. The van der Waals surface area contributed by atoms with Gasteiger partial charge in [-0.25, -0.2) is 19.3 Å². The van der Waals surface area contributed by atoms with Gasteiger partial charge in [-0.2, -0.15) is 0 Å². The first-order valence-electron chi connectivity index (χ1n) is 11.5. The third-order valence-electron chi connectivity index (χ3n) is 7.00. The van der Waals surface area contributed by atoms with Gasteiger partial charge in [0.2, 0.25) is 0 Å². The molecule has 2 N–H and O–H groups in total. The van der Waals surface area contributed by atoms with E-state index in [2.05, 4.69) is 25.2 Å². The molecule has 5 heterocycles. The summed E-state index contributed by atoms with van der Waals surface area (Å²) < 4.78 is 14.7. The van der Waals surface area contributed by atoms with Gasteiger partial charge in [0.15, 0.2) is 11.5 Å². The molecule has 4 aromatic heterocycles. The van der Waals surface area contributed by atoms with E-state index in [0.717, 1.165) is 53.8 Å². The lowest BCUT2D eigenvalue weighted by atomic mass is 10.1. The first kappa shape index (κ1) is 18.4. The molecule has 1 aliphatic heterocycles. The van der Waals surface area contributed by atoms with E-state index in [1.165, 1.54) is 18.4 Å².